The molecule has 29 heavy (non-hydrogen) atoms. The van der Waals surface area contributed by atoms with Gasteiger partial charge in [-0.2, -0.15) is 13.2 Å². The van der Waals surface area contributed by atoms with E-state index in [1.807, 2.05) is 24.3 Å². The molecule has 1 aliphatic heterocycles. The van der Waals surface area contributed by atoms with Gasteiger partial charge in [-0.15, -0.1) is 0 Å². The standard InChI is InChI=1S/C19H19ClF3N3O3/c20-16-10-17(18(26(27)28)9-15(16)19(21,22)23)24-11-13-3-1-2-4-14(13)12-25-5-7-29-8-6-25/h1-4,9-10,24H,5-8,11-12H2. The van der Waals surface area contributed by atoms with Gasteiger partial charge in [0.05, 0.1) is 28.7 Å². The molecule has 6 nitrogen and oxygen atoms in total. The zero-order valence-electron chi connectivity index (χ0n) is 15.3. The Hall–Kier alpha value is -2.36. The maximum Gasteiger partial charge on any atom is 0.418 e. The van der Waals surface area contributed by atoms with E-state index in [0.717, 1.165) is 30.3 Å². The van der Waals surface area contributed by atoms with Gasteiger partial charge < -0.3 is 10.1 Å². The number of nitrogens with one attached hydrogen (secondary N) is 1. The molecule has 0 spiro atoms. The quantitative estimate of drug-likeness (QED) is 0.532. The van der Waals surface area contributed by atoms with Crippen LogP contribution in [0, 0.1) is 10.1 Å². The number of ether oxygens (including phenoxy) is 1. The molecule has 2 aromatic rings. The third-order valence-corrected chi connectivity index (χ3v) is 4.99. The van der Waals surface area contributed by atoms with Crippen LogP contribution < -0.4 is 5.32 Å². The van der Waals surface area contributed by atoms with Crippen LogP contribution in [0.25, 0.3) is 0 Å². The summed E-state index contributed by atoms with van der Waals surface area (Å²) < 4.78 is 44.4. The van der Waals surface area contributed by atoms with E-state index >= 15 is 0 Å². The largest absolute Gasteiger partial charge is 0.418 e. The second-order valence-electron chi connectivity index (χ2n) is 6.61. The van der Waals surface area contributed by atoms with Crippen molar-refractivity contribution in [1.82, 2.24) is 4.90 Å². The zero-order valence-corrected chi connectivity index (χ0v) is 16.1. The molecule has 0 aromatic heterocycles. The Balaban J connectivity index is 1.81. The van der Waals surface area contributed by atoms with Gasteiger partial charge in [0.2, 0.25) is 0 Å². The number of nitro groups is 1. The first-order valence-corrected chi connectivity index (χ1v) is 9.29. The second-order valence-corrected chi connectivity index (χ2v) is 7.02. The predicted octanol–water partition coefficient (Wildman–Crippen LogP) is 4.71. The highest BCUT2D eigenvalue weighted by atomic mass is 35.5. The third kappa shape index (κ3) is 5.37. The molecule has 1 saturated heterocycles. The summed E-state index contributed by atoms with van der Waals surface area (Å²) in [6, 6.07) is 8.99. The van der Waals surface area contributed by atoms with Gasteiger partial charge in [0.15, 0.2) is 0 Å². The van der Waals surface area contributed by atoms with Gasteiger partial charge >= 0.3 is 6.18 Å². The average Bonchev–Trinajstić information content (AvgIpc) is 2.67. The Bertz CT molecular complexity index is 887. The van der Waals surface area contributed by atoms with Crippen LogP contribution in [0.4, 0.5) is 24.5 Å². The van der Waals surface area contributed by atoms with Crippen LogP contribution >= 0.6 is 11.6 Å². The van der Waals surface area contributed by atoms with E-state index < -0.39 is 27.4 Å². The smallest absolute Gasteiger partial charge is 0.379 e. The molecular formula is C19H19ClF3N3O3. The summed E-state index contributed by atoms with van der Waals surface area (Å²) in [5.74, 6) is 0. The number of hydrogen-bond acceptors (Lipinski definition) is 5. The number of hydrogen-bond donors (Lipinski definition) is 1. The monoisotopic (exact) mass is 429 g/mol. The summed E-state index contributed by atoms with van der Waals surface area (Å²) in [6.45, 7) is 3.84. The molecule has 0 aliphatic carbocycles. The maximum atomic E-state index is 13.0. The number of nitrogens with zero attached hydrogens (tertiary/aromatic N) is 2. The minimum absolute atomic E-state index is 0.0609. The third-order valence-electron chi connectivity index (χ3n) is 4.67. The lowest BCUT2D eigenvalue weighted by Gasteiger charge is -2.27. The predicted molar refractivity (Wildman–Crippen MR) is 103 cm³/mol. The fraction of sp³-hybridized carbons (Fsp3) is 0.368. The molecular weight excluding hydrogens is 411 g/mol. The summed E-state index contributed by atoms with van der Waals surface area (Å²) in [5, 5.41) is 13.6. The van der Waals surface area contributed by atoms with E-state index in [-0.39, 0.29) is 12.2 Å². The SMILES string of the molecule is O=[N+]([O-])c1cc(C(F)(F)F)c(Cl)cc1NCc1ccccc1CN1CCOCC1. The molecule has 0 saturated carbocycles. The normalized spacial score (nSPS) is 15.3. The van der Waals surface area contributed by atoms with Gasteiger partial charge in [0.1, 0.15) is 5.69 Å². The number of halogens is 4. The number of rotatable bonds is 6. The summed E-state index contributed by atoms with van der Waals surface area (Å²) in [6.07, 6.45) is -4.77. The highest BCUT2D eigenvalue weighted by Crippen LogP contribution is 2.40. The lowest BCUT2D eigenvalue weighted by atomic mass is 10.1. The van der Waals surface area contributed by atoms with Crippen molar-refractivity contribution in [3.8, 4) is 0 Å². The van der Waals surface area contributed by atoms with Crippen LogP contribution in [-0.4, -0.2) is 36.1 Å². The first-order chi connectivity index (χ1) is 13.8. The molecule has 0 atom stereocenters. The highest BCUT2D eigenvalue weighted by Gasteiger charge is 2.36. The number of anilines is 1. The van der Waals surface area contributed by atoms with Gasteiger partial charge in [-0.05, 0) is 17.2 Å². The molecule has 10 heteroatoms. The van der Waals surface area contributed by atoms with Gasteiger partial charge in [0.25, 0.3) is 5.69 Å². The molecule has 3 rings (SSSR count). The Kier molecular flexibility index (Phi) is 6.61. The van der Waals surface area contributed by atoms with Crippen molar-refractivity contribution in [2.24, 2.45) is 0 Å². The van der Waals surface area contributed by atoms with Crippen molar-refractivity contribution in [2.75, 3.05) is 31.6 Å². The summed E-state index contributed by atoms with van der Waals surface area (Å²) >= 11 is 5.73. The van der Waals surface area contributed by atoms with Crippen LogP contribution in [0.15, 0.2) is 36.4 Å². The number of nitro benzene ring substituents is 1. The zero-order chi connectivity index (χ0) is 21.0. The van der Waals surface area contributed by atoms with Crippen molar-refractivity contribution in [2.45, 2.75) is 19.3 Å². The van der Waals surface area contributed by atoms with E-state index in [2.05, 4.69) is 10.2 Å². The Morgan fingerprint density at radius 3 is 2.45 bits per heavy atom. The van der Waals surface area contributed by atoms with Gasteiger partial charge in [0, 0.05) is 32.2 Å². The van der Waals surface area contributed by atoms with Crippen molar-refractivity contribution in [3.63, 3.8) is 0 Å². The van der Waals surface area contributed by atoms with Crippen LogP contribution in [-0.2, 0) is 24.0 Å². The topological polar surface area (TPSA) is 67.6 Å². The van der Waals surface area contributed by atoms with E-state index in [1.165, 1.54) is 0 Å². The first-order valence-electron chi connectivity index (χ1n) is 8.91. The lowest BCUT2D eigenvalue weighted by Crippen LogP contribution is -2.35. The highest BCUT2D eigenvalue weighted by molar-refractivity contribution is 6.31. The van der Waals surface area contributed by atoms with Gasteiger partial charge in [-0.3, -0.25) is 15.0 Å². The molecule has 1 aliphatic rings. The van der Waals surface area contributed by atoms with Crippen LogP contribution in [0.2, 0.25) is 5.02 Å². The van der Waals surface area contributed by atoms with Crippen LogP contribution in [0.1, 0.15) is 16.7 Å². The molecule has 1 heterocycles. The Morgan fingerprint density at radius 2 is 1.83 bits per heavy atom. The summed E-state index contributed by atoms with van der Waals surface area (Å²) in [4.78, 5) is 12.7. The second kappa shape index (κ2) is 8.98. The van der Waals surface area contributed by atoms with Crippen molar-refractivity contribution in [3.05, 3.63) is 68.2 Å². The minimum atomic E-state index is -4.77. The molecule has 1 fully saturated rings. The van der Waals surface area contributed by atoms with E-state index in [1.54, 1.807) is 0 Å². The van der Waals surface area contributed by atoms with Gasteiger partial charge in [-0.25, -0.2) is 0 Å². The first kappa shape index (κ1) is 21.4. The van der Waals surface area contributed by atoms with Crippen LogP contribution in [0.3, 0.4) is 0 Å². The minimum Gasteiger partial charge on any atom is -0.379 e. The van der Waals surface area contributed by atoms with Crippen molar-refractivity contribution >= 4 is 23.0 Å². The average molecular weight is 430 g/mol. The summed E-state index contributed by atoms with van der Waals surface area (Å²) in [7, 11) is 0. The Labute approximate surface area is 170 Å². The Morgan fingerprint density at radius 1 is 1.17 bits per heavy atom. The van der Waals surface area contributed by atoms with Crippen molar-refractivity contribution in [1.29, 1.82) is 0 Å². The molecule has 0 amide bonds. The fourth-order valence-corrected chi connectivity index (χ4v) is 3.42. The van der Waals surface area contributed by atoms with E-state index in [9.17, 15) is 23.3 Å². The molecule has 0 radical (unpaired) electrons. The van der Waals surface area contributed by atoms with Crippen molar-refractivity contribution < 1.29 is 22.8 Å². The molecule has 0 unspecified atom stereocenters. The van der Waals surface area contributed by atoms with E-state index in [0.29, 0.717) is 25.8 Å². The molecule has 1 N–H and O–H groups in total. The molecule has 0 bridgehead atoms. The maximum absolute atomic E-state index is 13.0. The number of alkyl halides is 3. The number of benzene rings is 2. The van der Waals surface area contributed by atoms with Crippen LogP contribution in [0.5, 0.6) is 0 Å². The van der Waals surface area contributed by atoms with Gasteiger partial charge in [-0.1, -0.05) is 35.9 Å². The summed E-state index contributed by atoms with van der Waals surface area (Å²) in [5.41, 5.74) is -0.0439. The lowest BCUT2D eigenvalue weighted by molar-refractivity contribution is -0.384. The molecule has 2 aromatic carbocycles. The molecule has 156 valence electrons. The fourth-order valence-electron chi connectivity index (χ4n) is 3.15. The van der Waals surface area contributed by atoms with E-state index in [4.69, 9.17) is 16.3 Å². The number of morpholine rings is 1.